The normalized spacial score (nSPS) is 15.3. The fraction of sp³-hybridized carbons (Fsp3) is 0.619. The van der Waals surface area contributed by atoms with Crippen LogP contribution in [-0.4, -0.2) is 49.1 Å². The standard InChI is InChI=1S/C21H32N2O4/c1-5-26-17-6-8-18(9-7-17)27-15-20(25)23-12-10-16(11-13-23)22-19(24)14-21(2,3)4/h6-9,16H,5,10-15H2,1-4H3,(H,22,24). The maximum absolute atomic E-state index is 12.3. The molecule has 2 amide bonds. The summed E-state index contributed by atoms with van der Waals surface area (Å²) >= 11 is 0. The molecule has 1 aliphatic rings. The minimum absolute atomic E-state index is 0.0149. The van der Waals surface area contributed by atoms with E-state index in [4.69, 9.17) is 9.47 Å². The summed E-state index contributed by atoms with van der Waals surface area (Å²) in [6.07, 6.45) is 2.08. The lowest BCUT2D eigenvalue weighted by atomic mass is 9.91. The number of nitrogens with zero attached hydrogens (tertiary/aromatic N) is 1. The molecule has 1 aromatic carbocycles. The molecular formula is C21H32N2O4. The molecule has 0 spiro atoms. The van der Waals surface area contributed by atoms with Crippen molar-refractivity contribution in [3.05, 3.63) is 24.3 Å². The average molecular weight is 376 g/mol. The number of carbonyl (C=O) groups is 2. The molecule has 0 atom stereocenters. The Hall–Kier alpha value is -2.24. The fourth-order valence-electron chi connectivity index (χ4n) is 3.07. The highest BCUT2D eigenvalue weighted by molar-refractivity contribution is 5.78. The number of carbonyl (C=O) groups excluding carboxylic acids is 2. The van der Waals surface area contributed by atoms with Gasteiger partial charge in [0.25, 0.3) is 5.91 Å². The highest BCUT2D eigenvalue weighted by Crippen LogP contribution is 2.20. The van der Waals surface area contributed by atoms with Gasteiger partial charge in [-0.1, -0.05) is 20.8 Å². The first-order valence-corrected chi connectivity index (χ1v) is 9.69. The summed E-state index contributed by atoms with van der Waals surface area (Å²) in [7, 11) is 0. The molecule has 1 fully saturated rings. The topological polar surface area (TPSA) is 67.9 Å². The highest BCUT2D eigenvalue weighted by Gasteiger charge is 2.25. The predicted octanol–water partition coefficient (Wildman–Crippen LogP) is 3.01. The first kappa shape index (κ1) is 21.1. The van der Waals surface area contributed by atoms with Crippen molar-refractivity contribution in [2.24, 2.45) is 5.41 Å². The van der Waals surface area contributed by atoms with E-state index >= 15 is 0 Å². The largest absolute Gasteiger partial charge is 0.494 e. The minimum atomic E-state index is -0.0247. The van der Waals surface area contributed by atoms with Crippen LogP contribution < -0.4 is 14.8 Å². The van der Waals surface area contributed by atoms with Gasteiger partial charge in [0.15, 0.2) is 6.61 Å². The predicted molar refractivity (Wildman–Crippen MR) is 105 cm³/mol. The molecule has 0 unspecified atom stereocenters. The van der Waals surface area contributed by atoms with E-state index in [0.29, 0.717) is 31.9 Å². The second kappa shape index (κ2) is 9.62. The molecule has 0 aliphatic carbocycles. The van der Waals surface area contributed by atoms with Crippen molar-refractivity contribution in [2.75, 3.05) is 26.3 Å². The van der Waals surface area contributed by atoms with Gasteiger partial charge in [-0.15, -0.1) is 0 Å². The van der Waals surface area contributed by atoms with Crippen molar-refractivity contribution >= 4 is 11.8 Å². The van der Waals surface area contributed by atoms with Gasteiger partial charge in [-0.2, -0.15) is 0 Å². The summed E-state index contributed by atoms with van der Waals surface area (Å²) in [5.41, 5.74) is -0.0149. The Kier molecular flexibility index (Phi) is 7.51. The second-order valence-corrected chi connectivity index (χ2v) is 8.15. The maximum Gasteiger partial charge on any atom is 0.260 e. The molecular weight excluding hydrogens is 344 g/mol. The number of benzene rings is 1. The minimum Gasteiger partial charge on any atom is -0.494 e. The van der Waals surface area contributed by atoms with Gasteiger partial charge >= 0.3 is 0 Å². The van der Waals surface area contributed by atoms with E-state index in [-0.39, 0.29) is 29.9 Å². The van der Waals surface area contributed by atoms with Crippen molar-refractivity contribution < 1.29 is 19.1 Å². The summed E-state index contributed by atoms with van der Waals surface area (Å²) < 4.78 is 11.0. The number of likely N-dealkylation sites (tertiary alicyclic amines) is 1. The number of rotatable bonds is 7. The summed E-state index contributed by atoms with van der Waals surface area (Å²) in [4.78, 5) is 26.2. The monoisotopic (exact) mass is 376 g/mol. The molecule has 0 saturated carbocycles. The van der Waals surface area contributed by atoms with Crippen LogP contribution in [-0.2, 0) is 9.59 Å². The van der Waals surface area contributed by atoms with Crippen LogP contribution in [0.3, 0.4) is 0 Å². The van der Waals surface area contributed by atoms with Crippen molar-refractivity contribution in [3.63, 3.8) is 0 Å². The van der Waals surface area contributed by atoms with Crippen LogP contribution >= 0.6 is 0 Å². The number of amides is 2. The molecule has 1 N–H and O–H groups in total. The van der Waals surface area contributed by atoms with E-state index in [9.17, 15) is 9.59 Å². The molecule has 1 aliphatic heterocycles. The molecule has 1 aromatic rings. The highest BCUT2D eigenvalue weighted by atomic mass is 16.5. The van der Waals surface area contributed by atoms with E-state index in [1.54, 1.807) is 17.0 Å². The SMILES string of the molecule is CCOc1ccc(OCC(=O)N2CCC(NC(=O)CC(C)(C)C)CC2)cc1. The summed E-state index contributed by atoms with van der Waals surface area (Å²) in [6, 6.07) is 7.41. The van der Waals surface area contributed by atoms with Gasteiger partial charge in [0.1, 0.15) is 11.5 Å². The summed E-state index contributed by atoms with van der Waals surface area (Å²) in [6.45, 7) is 10.0. The average Bonchev–Trinajstić information content (AvgIpc) is 2.60. The van der Waals surface area contributed by atoms with E-state index in [1.807, 2.05) is 19.1 Å². The van der Waals surface area contributed by atoms with Crippen LogP contribution in [0.5, 0.6) is 11.5 Å². The van der Waals surface area contributed by atoms with Crippen LogP contribution in [0.1, 0.15) is 47.0 Å². The quantitative estimate of drug-likeness (QED) is 0.794. The molecule has 1 heterocycles. The third kappa shape index (κ3) is 7.49. The van der Waals surface area contributed by atoms with Gasteiger partial charge < -0.3 is 19.7 Å². The second-order valence-electron chi connectivity index (χ2n) is 8.15. The van der Waals surface area contributed by atoms with E-state index in [0.717, 1.165) is 18.6 Å². The van der Waals surface area contributed by atoms with Gasteiger partial charge in [-0.25, -0.2) is 0 Å². The van der Waals surface area contributed by atoms with Gasteiger partial charge in [0.05, 0.1) is 6.61 Å². The Labute approximate surface area is 162 Å². The molecule has 6 heteroatoms. The van der Waals surface area contributed by atoms with Gasteiger partial charge in [-0.05, 0) is 49.4 Å². The molecule has 150 valence electrons. The van der Waals surface area contributed by atoms with Crippen LogP contribution in [0.15, 0.2) is 24.3 Å². The number of nitrogens with one attached hydrogen (secondary N) is 1. The Morgan fingerprint density at radius 1 is 1.07 bits per heavy atom. The van der Waals surface area contributed by atoms with Gasteiger partial charge in [0.2, 0.25) is 5.91 Å². The number of piperidine rings is 1. The summed E-state index contributed by atoms with van der Waals surface area (Å²) in [5.74, 6) is 1.50. The van der Waals surface area contributed by atoms with Crippen LogP contribution in [0, 0.1) is 5.41 Å². The van der Waals surface area contributed by atoms with Gasteiger partial charge in [-0.3, -0.25) is 9.59 Å². The van der Waals surface area contributed by atoms with Crippen molar-refractivity contribution in [1.29, 1.82) is 0 Å². The number of hydrogen-bond acceptors (Lipinski definition) is 4. The number of ether oxygens (including phenoxy) is 2. The third-order valence-corrected chi connectivity index (χ3v) is 4.40. The Bertz CT molecular complexity index is 614. The molecule has 27 heavy (non-hydrogen) atoms. The Morgan fingerprint density at radius 3 is 2.15 bits per heavy atom. The molecule has 2 rings (SSSR count). The van der Waals surface area contributed by atoms with E-state index < -0.39 is 0 Å². The molecule has 6 nitrogen and oxygen atoms in total. The maximum atomic E-state index is 12.3. The van der Waals surface area contributed by atoms with E-state index in [2.05, 4.69) is 26.1 Å². The third-order valence-electron chi connectivity index (χ3n) is 4.40. The van der Waals surface area contributed by atoms with Crippen LogP contribution in [0.4, 0.5) is 0 Å². The smallest absolute Gasteiger partial charge is 0.260 e. The zero-order valence-corrected chi connectivity index (χ0v) is 16.9. The first-order valence-electron chi connectivity index (χ1n) is 9.69. The number of hydrogen-bond donors (Lipinski definition) is 1. The molecule has 0 bridgehead atoms. The van der Waals surface area contributed by atoms with Crippen molar-refractivity contribution in [3.8, 4) is 11.5 Å². The van der Waals surface area contributed by atoms with Crippen molar-refractivity contribution in [2.45, 2.75) is 53.0 Å². The Balaban J connectivity index is 1.70. The lowest BCUT2D eigenvalue weighted by Crippen LogP contribution is -2.48. The molecule has 1 saturated heterocycles. The zero-order chi connectivity index (χ0) is 19.9. The van der Waals surface area contributed by atoms with E-state index in [1.165, 1.54) is 0 Å². The zero-order valence-electron chi connectivity index (χ0n) is 16.9. The lowest BCUT2D eigenvalue weighted by molar-refractivity contribution is -0.134. The molecule has 0 radical (unpaired) electrons. The Morgan fingerprint density at radius 2 is 1.63 bits per heavy atom. The first-order chi connectivity index (χ1) is 12.8. The van der Waals surface area contributed by atoms with Crippen LogP contribution in [0.2, 0.25) is 0 Å². The van der Waals surface area contributed by atoms with Crippen LogP contribution in [0.25, 0.3) is 0 Å². The van der Waals surface area contributed by atoms with Crippen molar-refractivity contribution in [1.82, 2.24) is 10.2 Å². The van der Waals surface area contributed by atoms with Gasteiger partial charge in [0, 0.05) is 25.6 Å². The fourth-order valence-corrected chi connectivity index (χ4v) is 3.07. The molecule has 0 aromatic heterocycles. The lowest BCUT2D eigenvalue weighted by Gasteiger charge is -2.33. The summed E-state index contributed by atoms with van der Waals surface area (Å²) in [5, 5.41) is 3.09.